The van der Waals surface area contributed by atoms with Crippen molar-refractivity contribution in [1.82, 2.24) is 19.7 Å². The van der Waals surface area contributed by atoms with E-state index in [4.69, 9.17) is 4.74 Å². The van der Waals surface area contributed by atoms with Gasteiger partial charge >= 0.3 is 0 Å². The van der Waals surface area contributed by atoms with Gasteiger partial charge in [0.1, 0.15) is 17.9 Å². The number of nitrogens with zero attached hydrogens (tertiary/aromatic N) is 4. The number of hydrogen-bond donors (Lipinski definition) is 0. The number of ether oxygens (including phenoxy) is 1. The van der Waals surface area contributed by atoms with Crippen molar-refractivity contribution in [3.63, 3.8) is 0 Å². The molecule has 0 aliphatic heterocycles. The molecule has 0 spiro atoms. The summed E-state index contributed by atoms with van der Waals surface area (Å²) in [7, 11) is 1.32. The van der Waals surface area contributed by atoms with E-state index in [2.05, 4.69) is 15.1 Å². The SMILES string of the molecule is BC(F)Oc1ccc(-n2ncnc2C(C)C)nc1. The summed E-state index contributed by atoms with van der Waals surface area (Å²) in [5, 5.41) is 4.13. The number of halogens is 1. The molecule has 0 radical (unpaired) electrons. The van der Waals surface area contributed by atoms with E-state index in [-0.39, 0.29) is 5.92 Å². The molecule has 2 rings (SSSR count). The van der Waals surface area contributed by atoms with Gasteiger partial charge in [-0.1, -0.05) is 13.8 Å². The minimum Gasteiger partial charge on any atom is -0.468 e. The van der Waals surface area contributed by atoms with Crippen LogP contribution in [0.2, 0.25) is 0 Å². The highest BCUT2D eigenvalue weighted by molar-refractivity contribution is 6.10. The van der Waals surface area contributed by atoms with E-state index in [0.717, 1.165) is 5.82 Å². The summed E-state index contributed by atoms with van der Waals surface area (Å²) in [5.41, 5.74) is 0. The zero-order valence-corrected chi connectivity index (χ0v) is 10.5. The molecule has 2 aromatic rings. The van der Waals surface area contributed by atoms with Gasteiger partial charge in [0.05, 0.1) is 6.20 Å². The second-order valence-corrected chi connectivity index (χ2v) is 4.20. The maximum atomic E-state index is 12.7. The zero-order chi connectivity index (χ0) is 13.1. The van der Waals surface area contributed by atoms with Crippen LogP contribution in [0.1, 0.15) is 25.6 Å². The van der Waals surface area contributed by atoms with Gasteiger partial charge in [-0.15, -0.1) is 0 Å². The molecule has 0 aromatic carbocycles. The topological polar surface area (TPSA) is 52.8 Å². The highest BCUT2D eigenvalue weighted by Gasteiger charge is 2.11. The number of rotatable bonds is 4. The number of aromatic nitrogens is 4. The van der Waals surface area contributed by atoms with Crippen LogP contribution in [0.4, 0.5) is 4.39 Å². The lowest BCUT2D eigenvalue weighted by molar-refractivity contribution is 0.145. The van der Waals surface area contributed by atoms with E-state index in [1.165, 1.54) is 20.4 Å². The molecule has 94 valence electrons. The van der Waals surface area contributed by atoms with Crippen molar-refractivity contribution < 1.29 is 9.13 Å². The van der Waals surface area contributed by atoms with Gasteiger partial charge in [0.2, 0.25) is 0 Å². The van der Waals surface area contributed by atoms with Crippen molar-refractivity contribution in [2.75, 3.05) is 0 Å². The van der Waals surface area contributed by atoms with Gasteiger partial charge in [-0.05, 0) is 12.1 Å². The van der Waals surface area contributed by atoms with Gasteiger partial charge in [0, 0.05) is 5.92 Å². The Bertz CT molecular complexity index is 512. The zero-order valence-electron chi connectivity index (χ0n) is 10.5. The molecule has 2 aromatic heterocycles. The molecule has 0 fully saturated rings. The summed E-state index contributed by atoms with van der Waals surface area (Å²) in [5.74, 6) is 2.10. The lowest BCUT2D eigenvalue weighted by atomic mass is 10.2. The first-order valence-electron chi connectivity index (χ1n) is 5.75. The number of pyridine rings is 1. The van der Waals surface area contributed by atoms with Crippen LogP contribution in [0.25, 0.3) is 5.82 Å². The molecule has 5 nitrogen and oxygen atoms in total. The van der Waals surface area contributed by atoms with Gasteiger partial charge in [-0.2, -0.15) is 9.78 Å². The summed E-state index contributed by atoms with van der Waals surface area (Å²) in [6.07, 6.45) is 1.61. The fourth-order valence-corrected chi connectivity index (χ4v) is 1.58. The van der Waals surface area contributed by atoms with Gasteiger partial charge < -0.3 is 4.74 Å². The van der Waals surface area contributed by atoms with Gasteiger partial charge in [0.25, 0.3) is 0 Å². The molecule has 0 amide bonds. The maximum Gasteiger partial charge on any atom is 0.197 e. The van der Waals surface area contributed by atoms with Crippen molar-refractivity contribution in [3.05, 3.63) is 30.5 Å². The van der Waals surface area contributed by atoms with Crippen molar-refractivity contribution in [2.45, 2.75) is 26.0 Å². The molecule has 0 saturated carbocycles. The molecule has 18 heavy (non-hydrogen) atoms. The van der Waals surface area contributed by atoms with Gasteiger partial charge in [-0.3, -0.25) is 0 Å². The Balaban J connectivity index is 2.26. The lowest BCUT2D eigenvalue weighted by Crippen LogP contribution is -2.10. The van der Waals surface area contributed by atoms with Crippen molar-refractivity contribution in [3.8, 4) is 11.6 Å². The van der Waals surface area contributed by atoms with E-state index >= 15 is 0 Å². The number of hydrogen-bond acceptors (Lipinski definition) is 4. The minimum atomic E-state index is -1.35. The molecule has 2 heterocycles. The summed E-state index contributed by atoms with van der Waals surface area (Å²) in [6.45, 7) is 4.06. The fraction of sp³-hybridized carbons (Fsp3) is 0.364. The van der Waals surface area contributed by atoms with Crippen LogP contribution in [0.5, 0.6) is 5.75 Å². The van der Waals surface area contributed by atoms with E-state index < -0.39 is 6.26 Å². The van der Waals surface area contributed by atoms with Crippen LogP contribution >= 0.6 is 0 Å². The third-order valence-electron chi connectivity index (χ3n) is 2.33. The highest BCUT2D eigenvalue weighted by Crippen LogP contribution is 2.17. The molecule has 1 unspecified atom stereocenters. The molecule has 1 atom stereocenters. The minimum absolute atomic E-state index is 0.246. The molecule has 0 aliphatic rings. The predicted octanol–water partition coefficient (Wildman–Crippen LogP) is 1.05. The molecule has 0 N–H and O–H groups in total. The molecular weight excluding hydrogens is 234 g/mol. The number of alkyl halides is 1. The lowest BCUT2D eigenvalue weighted by Gasteiger charge is -2.09. The summed E-state index contributed by atoms with van der Waals surface area (Å²) in [6, 6.07) is 3.38. The maximum absolute atomic E-state index is 12.7. The Kier molecular flexibility index (Phi) is 3.59. The van der Waals surface area contributed by atoms with Gasteiger partial charge in [0.15, 0.2) is 19.9 Å². The average molecular weight is 248 g/mol. The molecule has 0 saturated heterocycles. The van der Waals surface area contributed by atoms with E-state index in [1.54, 1.807) is 16.8 Å². The van der Waals surface area contributed by atoms with Crippen LogP contribution in [0.3, 0.4) is 0 Å². The fourth-order valence-electron chi connectivity index (χ4n) is 1.58. The second kappa shape index (κ2) is 5.16. The molecule has 7 heteroatoms. The Morgan fingerprint density at radius 1 is 1.33 bits per heavy atom. The highest BCUT2D eigenvalue weighted by atomic mass is 19.1. The van der Waals surface area contributed by atoms with Crippen LogP contribution in [-0.2, 0) is 0 Å². The first kappa shape index (κ1) is 12.5. The normalized spacial score (nSPS) is 12.7. The van der Waals surface area contributed by atoms with Crippen molar-refractivity contribution >= 4 is 7.85 Å². The monoisotopic (exact) mass is 248 g/mol. The van der Waals surface area contributed by atoms with Gasteiger partial charge in [-0.25, -0.2) is 14.4 Å². The summed E-state index contributed by atoms with van der Waals surface area (Å²) < 4.78 is 19.2. The first-order chi connectivity index (χ1) is 8.58. The quantitative estimate of drug-likeness (QED) is 0.759. The van der Waals surface area contributed by atoms with E-state index in [9.17, 15) is 4.39 Å². The predicted molar refractivity (Wildman–Crippen MR) is 67.3 cm³/mol. The smallest absolute Gasteiger partial charge is 0.197 e. The Morgan fingerprint density at radius 3 is 2.67 bits per heavy atom. The average Bonchev–Trinajstić information content (AvgIpc) is 2.78. The van der Waals surface area contributed by atoms with Crippen molar-refractivity contribution in [1.29, 1.82) is 0 Å². The third kappa shape index (κ3) is 2.66. The molecule has 0 aliphatic carbocycles. The van der Waals surface area contributed by atoms with Crippen molar-refractivity contribution in [2.24, 2.45) is 0 Å². The van der Waals surface area contributed by atoms with E-state index in [0.29, 0.717) is 11.6 Å². The van der Waals surface area contributed by atoms with Crippen LogP contribution < -0.4 is 4.74 Å². The van der Waals surface area contributed by atoms with E-state index in [1.807, 2.05) is 13.8 Å². The van der Waals surface area contributed by atoms with Crippen LogP contribution in [0, 0.1) is 0 Å². The Labute approximate surface area is 105 Å². The molecular formula is C11H14BFN4O. The first-order valence-corrected chi connectivity index (χ1v) is 5.75. The Hall–Kier alpha value is -1.92. The van der Waals surface area contributed by atoms with Crippen LogP contribution in [0.15, 0.2) is 24.7 Å². The summed E-state index contributed by atoms with van der Waals surface area (Å²) in [4.78, 5) is 8.37. The third-order valence-corrected chi connectivity index (χ3v) is 2.33. The Morgan fingerprint density at radius 2 is 2.11 bits per heavy atom. The standard InChI is InChI=1S/C11H14BFN4O/c1-7(2)10-15-6-16-17(10)9-4-3-8(5-14-9)18-11(12)13/h3-7,11H,12H2,1-2H3. The van der Waals surface area contributed by atoms with Crippen LogP contribution in [-0.4, -0.2) is 33.9 Å². The largest absolute Gasteiger partial charge is 0.468 e. The second-order valence-electron chi connectivity index (χ2n) is 4.20. The summed E-state index contributed by atoms with van der Waals surface area (Å²) >= 11 is 0. The molecule has 0 bridgehead atoms.